The summed E-state index contributed by atoms with van der Waals surface area (Å²) in [6.45, 7) is 5.47. The maximum absolute atomic E-state index is 10.3. The van der Waals surface area contributed by atoms with Crippen molar-refractivity contribution in [2.45, 2.75) is 58.4 Å². The van der Waals surface area contributed by atoms with Crippen LogP contribution >= 0.6 is 0 Å². The molecule has 94 valence electrons. The van der Waals surface area contributed by atoms with E-state index in [1.807, 2.05) is 0 Å². The van der Waals surface area contributed by atoms with E-state index in [-0.39, 0.29) is 6.42 Å². The molecule has 1 rings (SSSR count). The molecule has 0 heterocycles. The Kier molecular flexibility index (Phi) is 5.81. The van der Waals surface area contributed by atoms with Gasteiger partial charge in [0.2, 0.25) is 0 Å². The van der Waals surface area contributed by atoms with Crippen LogP contribution in [0.5, 0.6) is 0 Å². The van der Waals surface area contributed by atoms with E-state index in [0.717, 1.165) is 24.8 Å². The molecule has 0 amide bonds. The summed E-state index contributed by atoms with van der Waals surface area (Å²) in [5.41, 5.74) is 0. The van der Waals surface area contributed by atoms with Gasteiger partial charge < -0.3 is 10.4 Å². The maximum atomic E-state index is 10.3. The van der Waals surface area contributed by atoms with Crippen LogP contribution in [0.4, 0.5) is 0 Å². The van der Waals surface area contributed by atoms with Gasteiger partial charge in [0.05, 0.1) is 0 Å². The number of hydrogen-bond donors (Lipinski definition) is 2. The molecule has 1 aliphatic rings. The third-order valence-corrected chi connectivity index (χ3v) is 3.72. The smallest absolute Gasteiger partial charge is 0.303 e. The Balaban J connectivity index is 2.06. The second kappa shape index (κ2) is 6.89. The highest BCUT2D eigenvalue weighted by Crippen LogP contribution is 2.29. The molecule has 0 aromatic heterocycles. The first kappa shape index (κ1) is 13.5. The first-order valence-electron chi connectivity index (χ1n) is 6.54. The highest BCUT2D eigenvalue weighted by molar-refractivity contribution is 5.66. The number of aliphatic carboxylic acids is 1. The van der Waals surface area contributed by atoms with Crippen LogP contribution < -0.4 is 5.32 Å². The molecule has 3 nitrogen and oxygen atoms in total. The zero-order valence-electron chi connectivity index (χ0n) is 10.5. The largest absolute Gasteiger partial charge is 0.481 e. The Morgan fingerprint density at radius 2 is 1.94 bits per heavy atom. The van der Waals surface area contributed by atoms with Crippen molar-refractivity contribution in [3.05, 3.63) is 0 Å². The van der Waals surface area contributed by atoms with E-state index in [9.17, 15) is 4.79 Å². The van der Waals surface area contributed by atoms with Crippen molar-refractivity contribution in [2.75, 3.05) is 6.54 Å². The second-order valence-corrected chi connectivity index (χ2v) is 5.31. The monoisotopic (exact) mass is 227 g/mol. The second-order valence-electron chi connectivity index (χ2n) is 5.31. The zero-order chi connectivity index (χ0) is 12.0. The molecule has 1 saturated carbocycles. The van der Waals surface area contributed by atoms with Gasteiger partial charge >= 0.3 is 5.97 Å². The molecule has 1 fully saturated rings. The predicted molar refractivity (Wildman–Crippen MR) is 65.5 cm³/mol. The molecule has 16 heavy (non-hydrogen) atoms. The molecule has 0 saturated heterocycles. The average molecular weight is 227 g/mol. The molecule has 0 aliphatic heterocycles. The topological polar surface area (TPSA) is 49.3 Å². The van der Waals surface area contributed by atoms with Gasteiger partial charge in [-0.05, 0) is 50.5 Å². The van der Waals surface area contributed by atoms with Crippen LogP contribution in [0, 0.1) is 11.8 Å². The number of nitrogens with one attached hydrogen (secondary N) is 1. The van der Waals surface area contributed by atoms with E-state index in [1.54, 1.807) is 0 Å². The fourth-order valence-electron chi connectivity index (χ4n) is 2.54. The van der Waals surface area contributed by atoms with Gasteiger partial charge in [0.1, 0.15) is 0 Å². The Hall–Kier alpha value is -0.570. The first-order valence-corrected chi connectivity index (χ1v) is 6.54. The van der Waals surface area contributed by atoms with Crippen LogP contribution in [-0.4, -0.2) is 23.7 Å². The van der Waals surface area contributed by atoms with E-state index in [0.29, 0.717) is 6.04 Å². The van der Waals surface area contributed by atoms with Gasteiger partial charge in [0.15, 0.2) is 0 Å². The number of carboxylic acids is 1. The fourth-order valence-corrected chi connectivity index (χ4v) is 2.54. The third kappa shape index (κ3) is 4.97. The Bertz CT molecular complexity index is 208. The van der Waals surface area contributed by atoms with Gasteiger partial charge in [-0.15, -0.1) is 0 Å². The van der Waals surface area contributed by atoms with E-state index >= 15 is 0 Å². The van der Waals surface area contributed by atoms with E-state index in [4.69, 9.17) is 5.11 Å². The lowest BCUT2D eigenvalue weighted by Crippen LogP contribution is -2.34. The number of hydrogen-bond acceptors (Lipinski definition) is 2. The van der Waals surface area contributed by atoms with Crippen molar-refractivity contribution >= 4 is 5.97 Å². The van der Waals surface area contributed by atoms with Crippen LogP contribution in [0.25, 0.3) is 0 Å². The predicted octanol–water partition coefficient (Wildman–Crippen LogP) is 2.66. The van der Waals surface area contributed by atoms with Gasteiger partial charge in [-0.1, -0.05) is 13.8 Å². The van der Waals surface area contributed by atoms with Crippen LogP contribution in [0.15, 0.2) is 0 Å². The molecule has 2 N–H and O–H groups in total. The molecular weight excluding hydrogens is 202 g/mol. The van der Waals surface area contributed by atoms with E-state index in [2.05, 4.69) is 19.2 Å². The van der Waals surface area contributed by atoms with Crippen LogP contribution in [0.1, 0.15) is 52.4 Å². The van der Waals surface area contributed by atoms with Gasteiger partial charge in [0, 0.05) is 12.5 Å². The SMILES string of the molecule is CC(C)C1CCC(NCCCC(=O)O)CC1. The molecule has 1 aliphatic carbocycles. The standard InChI is InChI=1S/C13H25NO2/c1-10(2)11-5-7-12(8-6-11)14-9-3-4-13(15)16/h10-12,14H,3-9H2,1-2H3,(H,15,16). The Morgan fingerprint density at radius 3 is 2.44 bits per heavy atom. The molecule has 0 bridgehead atoms. The first-order chi connectivity index (χ1) is 7.59. The number of carboxylic acid groups (broad SMARTS) is 1. The molecule has 0 radical (unpaired) electrons. The van der Waals surface area contributed by atoms with Crippen LogP contribution in [-0.2, 0) is 4.79 Å². The lowest BCUT2D eigenvalue weighted by atomic mass is 9.80. The summed E-state index contributed by atoms with van der Waals surface area (Å²) in [5, 5.41) is 12.0. The molecule has 0 unspecified atom stereocenters. The number of carbonyl (C=O) groups is 1. The minimum absolute atomic E-state index is 0.286. The molecule has 0 aromatic rings. The van der Waals surface area contributed by atoms with Crippen molar-refractivity contribution in [3.8, 4) is 0 Å². The summed E-state index contributed by atoms with van der Waals surface area (Å²) in [7, 11) is 0. The Morgan fingerprint density at radius 1 is 1.31 bits per heavy atom. The minimum atomic E-state index is -0.690. The van der Waals surface area contributed by atoms with Gasteiger partial charge in [-0.25, -0.2) is 0 Å². The fraction of sp³-hybridized carbons (Fsp3) is 0.923. The summed E-state index contributed by atoms with van der Waals surface area (Å²) in [6, 6.07) is 0.629. The average Bonchev–Trinajstić information content (AvgIpc) is 2.25. The molecule has 3 heteroatoms. The highest BCUT2D eigenvalue weighted by atomic mass is 16.4. The van der Waals surface area contributed by atoms with Crippen molar-refractivity contribution in [3.63, 3.8) is 0 Å². The quantitative estimate of drug-likeness (QED) is 0.686. The molecule has 0 spiro atoms. The van der Waals surface area contributed by atoms with Gasteiger partial charge in [-0.2, -0.15) is 0 Å². The normalized spacial score (nSPS) is 25.9. The maximum Gasteiger partial charge on any atom is 0.303 e. The summed E-state index contributed by atoms with van der Waals surface area (Å²) < 4.78 is 0. The lowest BCUT2D eigenvalue weighted by molar-refractivity contribution is -0.137. The minimum Gasteiger partial charge on any atom is -0.481 e. The van der Waals surface area contributed by atoms with E-state index < -0.39 is 5.97 Å². The Labute approximate surface area is 98.6 Å². The molecule has 0 aromatic carbocycles. The van der Waals surface area contributed by atoms with E-state index in [1.165, 1.54) is 25.7 Å². The molecular formula is C13H25NO2. The third-order valence-electron chi connectivity index (χ3n) is 3.72. The summed E-state index contributed by atoms with van der Waals surface area (Å²) in [6.07, 6.45) is 6.21. The summed E-state index contributed by atoms with van der Waals surface area (Å²) in [4.78, 5) is 10.3. The van der Waals surface area contributed by atoms with Crippen molar-refractivity contribution in [1.29, 1.82) is 0 Å². The number of rotatable bonds is 6. The lowest BCUT2D eigenvalue weighted by Gasteiger charge is -2.31. The zero-order valence-corrected chi connectivity index (χ0v) is 10.5. The molecule has 0 atom stereocenters. The van der Waals surface area contributed by atoms with Crippen molar-refractivity contribution < 1.29 is 9.90 Å². The van der Waals surface area contributed by atoms with Gasteiger partial charge in [0.25, 0.3) is 0 Å². The summed E-state index contributed by atoms with van der Waals surface area (Å²) in [5.74, 6) is 1.02. The highest BCUT2D eigenvalue weighted by Gasteiger charge is 2.22. The van der Waals surface area contributed by atoms with Gasteiger partial charge in [-0.3, -0.25) is 4.79 Å². The van der Waals surface area contributed by atoms with Crippen molar-refractivity contribution in [1.82, 2.24) is 5.32 Å². The van der Waals surface area contributed by atoms with Crippen molar-refractivity contribution in [2.24, 2.45) is 11.8 Å². The van der Waals surface area contributed by atoms with Crippen LogP contribution in [0.3, 0.4) is 0 Å². The van der Waals surface area contributed by atoms with Crippen LogP contribution in [0.2, 0.25) is 0 Å². The summed E-state index contributed by atoms with van der Waals surface area (Å²) >= 11 is 0.